The molecule has 2 aromatic heterocycles. The molecule has 0 amide bonds. The first-order valence-electron chi connectivity index (χ1n) is 8.12. The lowest BCUT2D eigenvalue weighted by Crippen LogP contribution is -2.21. The molecule has 5 nitrogen and oxygen atoms in total. The zero-order chi connectivity index (χ0) is 16.7. The first-order chi connectivity index (χ1) is 11.6. The highest BCUT2D eigenvalue weighted by Crippen LogP contribution is 2.18. The molecule has 2 aromatic carbocycles. The Hall–Kier alpha value is -2.66. The Bertz CT molecular complexity index is 929. The molecule has 4 aromatic rings. The third kappa shape index (κ3) is 2.47. The van der Waals surface area contributed by atoms with Crippen molar-refractivity contribution in [2.24, 2.45) is 14.1 Å². The van der Waals surface area contributed by atoms with Crippen LogP contribution in [0, 0.1) is 0 Å². The normalized spacial score (nSPS) is 11.8. The van der Waals surface area contributed by atoms with Gasteiger partial charge in [-0.1, -0.05) is 24.3 Å². The number of rotatable bonds is 4. The van der Waals surface area contributed by atoms with Crippen LogP contribution < -0.4 is 0 Å². The summed E-state index contributed by atoms with van der Waals surface area (Å²) in [6, 6.07) is 16.5. The molecule has 0 spiro atoms. The zero-order valence-corrected chi connectivity index (χ0v) is 14.3. The van der Waals surface area contributed by atoms with Gasteiger partial charge in [-0.05, 0) is 31.3 Å². The number of fused-ring (bicyclic) bond motifs is 2. The van der Waals surface area contributed by atoms with E-state index in [9.17, 15) is 0 Å². The van der Waals surface area contributed by atoms with E-state index in [0.29, 0.717) is 0 Å². The minimum absolute atomic E-state index is 0.786. The van der Waals surface area contributed by atoms with Gasteiger partial charge in [0, 0.05) is 14.1 Å². The number of aromatic nitrogens is 4. The maximum atomic E-state index is 4.75. The number of hydrogen-bond acceptors (Lipinski definition) is 3. The van der Waals surface area contributed by atoms with Crippen LogP contribution in [-0.4, -0.2) is 31.0 Å². The van der Waals surface area contributed by atoms with E-state index < -0.39 is 0 Å². The number of hydrogen-bond donors (Lipinski definition) is 0. The predicted octanol–water partition coefficient (Wildman–Crippen LogP) is 3.09. The maximum Gasteiger partial charge on any atom is 0.123 e. The van der Waals surface area contributed by atoms with E-state index in [4.69, 9.17) is 9.97 Å². The van der Waals surface area contributed by atoms with Crippen LogP contribution in [0.2, 0.25) is 0 Å². The summed E-state index contributed by atoms with van der Waals surface area (Å²) in [5.74, 6) is 2.13. The van der Waals surface area contributed by atoms with Crippen LogP contribution in [0.4, 0.5) is 0 Å². The van der Waals surface area contributed by atoms with Crippen LogP contribution in [0.1, 0.15) is 11.6 Å². The Morgan fingerprint density at radius 2 is 1.17 bits per heavy atom. The molecule has 2 heterocycles. The molecule has 0 aliphatic rings. The topological polar surface area (TPSA) is 38.9 Å². The van der Waals surface area contributed by atoms with Crippen LogP contribution in [0.3, 0.4) is 0 Å². The molecule has 0 aliphatic heterocycles. The third-order valence-corrected chi connectivity index (χ3v) is 4.58. The van der Waals surface area contributed by atoms with Crippen LogP contribution in [0.15, 0.2) is 48.5 Å². The van der Waals surface area contributed by atoms with Crippen molar-refractivity contribution in [3.05, 3.63) is 60.2 Å². The molecule has 0 saturated carbocycles. The summed E-state index contributed by atoms with van der Waals surface area (Å²) in [4.78, 5) is 11.8. The molecule has 0 N–H and O–H groups in total. The Labute approximate surface area is 141 Å². The summed E-state index contributed by atoms with van der Waals surface area (Å²) in [5, 5.41) is 0. The number of nitrogens with zero attached hydrogens (tertiary/aromatic N) is 5. The van der Waals surface area contributed by atoms with E-state index in [0.717, 1.165) is 35.8 Å². The summed E-state index contributed by atoms with van der Waals surface area (Å²) >= 11 is 0. The third-order valence-electron chi connectivity index (χ3n) is 4.58. The lowest BCUT2D eigenvalue weighted by atomic mass is 10.3. The molecular weight excluding hydrogens is 298 g/mol. The van der Waals surface area contributed by atoms with E-state index in [2.05, 4.69) is 71.6 Å². The first kappa shape index (κ1) is 14.9. The molecular formula is C19H21N5. The lowest BCUT2D eigenvalue weighted by Gasteiger charge is -2.16. The molecule has 0 aliphatic carbocycles. The summed E-state index contributed by atoms with van der Waals surface area (Å²) in [6.45, 7) is 1.57. The summed E-state index contributed by atoms with van der Waals surface area (Å²) < 4.78 is 4.33. The van der Waals surface area contributed by atoms with E-state index in [1.165, 1.54) is 11.0 Å². The lowest BCUT2D eigenvalue weighted by molar-refractivity contribution is 0.297. The number of benzene rings is 2. The largest absolute Gasteiger partial charge is 0.330 e. The van der Waals surface area contributed by atoms with Gasteiger partial charge in [-0.15, -0.1) is 0 Å². The number of aryl methyl sites for hydroxylation is 2. The molecule has 24 heavy (non-hydrogen) atoms. The SMILES string of the molecule is CN(Cc1nc2ccccc2n1C)Cc1nc2ccccc2n1C. The van der Waals surface area contributed by atoms with Gasteiger partial charge < -0.3 is 9.13 Å². The molecule has 0 unspecified atom stereocenters. The summed E-state index contributed by atoms with van der Waals surface area (Å²) in [5.41, 5.74) is 4.43. The second-order valence-electron chi connectivity index (χ2n) is 6.32. The average molecular weight is 319 g/mol. The Balaban J connectivity index is 1.58. The van der Waals surface area contributed by atoms with Gasteiger partial charge in [0.15, 0.2) is 0 Å². The highest BCUT2D eigenvalue weighted by Gasteiger charge is 2.13. The van der Waals surface area contributed by atoms with E-state index >= 15 is 0 Å². The molecule has 5 heteroatoms. The molecule has 0 bridgehead atoms. The number of para-hydroxylation sites is 4. The fourth-order valence-corrected chi connectivity index (χ4v) is 3.21. The van der Waals surface area contributed by atoms with E-state index in [1.807, 2.05) is 12.1 Å². The fraction of sp³-hybridized carbons (Fsp3) is 0.263. The monoisotopic (exact) mass is 319 g/mol. The van der Waals surface area contributed by atoms with Crippen LogP contribution in [0.25, 0.3) is 22.1 Å². The smallest absolute Gasteiger partial charge is 0.123 e. The van der Waals surface area contributed by atoms with Crippen molar-refractivity contribution >= 4 is 22.1 Å². The van der Waals surface area contributed by atoms with Crippen LogP contribution in [0.5, 0.6) is 0 Å². The van der Waals surface area contributed by atoms with Crippen LogP contribution >= 0.6 is 0 Å². The van der Waals surface area contributed by atoms with Crippen LogP contribution in [-0.2, 0) is 27.2 Å². The molecule has 122 valence electrons. The average Bonchev–Trinajstić information content (AvgIpc) is 3.06. The molecule has 0 radical (unpaired) electrons. The first-order valence-corrected chi connectivity index (χ1v) is 8.12. The van der Waals surface area contributed by atoms with Crippen molar-refractivity contribution < 1.29 is 0 Å². The zero-order valence-electron chi connectivity index (χ0n) is 14.3. The summed E-state index contributed by atoms with van der Waals surface area (Å²) in [6.07, 6.45) is 0. The Morgan fingerprint density at radius 3 is 1.58 bits per heavy atom. The standard InChI is InChI=1S/C19H21N5/c1-22(12-18-20-14-8-4-6-10-16(14)23(18)2)13-19-21-15-9-5-7-11-17(15)24(19)3/h4-11H,12-13H2,1-3H3. The van der Waals surface area contributed by atoms with Gasteiger partial charge in [0.1, 0.15) is 11.6 Å². The molecule has 0 fully saturated rings. The summed E-state index contributed by atoms with van der Waals surface area (Å²) in [7, 11) is 6.26. The second kappa shape index (κ2) is 5.76. The highest BCUT2D eigenvalue weighted by molar-refractivity contribution is 5.76. The van der Waals surface area contributed by atoms with Gasteiger partial charge in [-0.3, -0.25) is 4.90 Å². The number of imidazole rings is 2. The molecule has 4 rings (SSSR count). The van der Waals surface area contributed by atoms with Crippen molar-refractivity contribution in [1.29, 1.82) is 0 Å². The van der Waals surface area contributed by atoms with Gasteiger partial charge in [0.05, 0.1) is 35.2 Å². The van der Waals surface area contributed by atoms with Crippen molar-refractivity contribution in [2.45, 2.75) is 13.1 Å². The Kier molecular flexibility index (Phi) is 3.58. The van der Waals surface area contributed by atoms with Crippen molar-refractivity contribution in [1.82, 2.24) is 24.0 Å². The van der Waals surface area contributed by atoms with Gasteiger partial charge >= 0.3 is 0 Å². The Morgan fingerprint density at radius 1 is 0.750 bits per heavy atom. The molecule has 0 atom stereocenters. The van der Waals surface area contributed by atoms with Crippen molar-refractivity contribution in [3.63, 3.8) is 0 Å². The minimum Gasteiger partial charge on any atom is -0.330 e. The second-order valence-corrected chi connectivity index (χ2v) is 6.32. The minimum atomic E-state index is 0.786. The predicted molar refractivity (Wildman–Crippen MR) is 96.6 cm³/mol. The van der Waals surface area contributed by atoms with Gasteiger partial charge in [-0.25, -0.2) is 9.97 Å². The van der Waals surface area contributed by atoms with Gasteiger partial charge in [0.2, 0.25) is 0 Å². The van der Waals surface area contributed by atoms with E-state index in [-0.39, 0.29) is 0 Å². The highest BCUT2D eigenvalue weighted by atomic mass is 15.2. The fourth-order valence-electron chi connectivity index (χ4n) is 3.21. The quantitative estimate of drug-likeness (QED) is 0.580. The van der Waals surface area contributed by atoms with E-state index in [1.54, 1.807) is 0 Å². The van der Waals surface area contributed by atoms with Gasteiger partial charge in [-0.2, -0.15) is 0 Å². The maximum absolute atomic E-state index is 4.75. The van der Waals surface area contributed by atoms with Gasteiger partial charge in [0.25, 0.3) is 0 Å². The van der Waals surface area contributed by atoms with Crippen molar-refractivity contribution in [2.75, 3.05) is 7.05 Å². The molecule has 0 saturated heterocycles. The van der Waals surface area contributed by atoms with Crippen molar-refractivity contribution in [3.8, 4) is 0 Å².